The molecule has 1 saturated heterocycles. The number of halogens is 1. The van der Waals surface area contributed by atoms with Gasteiger partial charge in [-0.25, -0.2) is 0 Å². The summed E-state index contributed by atoms with van der Waals surface area (Å²) < 4.78 is 0. The van der Waals surface area contributed by atoms with Gasteiger partial charge in [0.05, 0.1) is 23.7 Å². The highest BCUT2D eigenvalue weighted by atomic mass is 35.5. The predicted molar refractivity (Wildman–Crippen MR) is 124 cm³/mol. The van der Waals surface area contributed by atoms with E-state index < -0.39 is 0 Å². The molecule has 0 unspecified atom stereocenters. The molecule has 31 heavy (non-hydrogen) atoms. The zero-order chi connectivity index (χ0) is 22.0. The van der Waals surface area contributed by atoms with Gasteiger partial charge < -0.3 is 4.90 Å². The van der Waals surface area contributed by atoms with Gasteiger partial charge in [0.2, 0.25) is 5.91 Å². The molecule has 156 valence electrons. The summed E-state index contributed by atoms with van der Waals surface area (Å²) in [7, 11) is 0. The summed E-state index contributed by atoms with van der Waals surface area (Å²) >= 11 is 6.26. The van der Waals surface area contributed by atoms with Crippen molar-refractivity contribution in [2.75, 3.05) is 4.90 Å². The van der Waals surface area contributed by atoms with Crippen LogP contribution in [0, 0.1) is 11.3 Å². The Morgan fingerprint density at radius 3 is 2.39 bits per heavy atom. The average Bonchev–Trinajstić information content (AvgIpc) is 3.10. The van der Waals surface area contributed by atoms with Gasteiger partial charge in [-0.1, -0.05) is 54.1 Å². The lowest BCUT2D eigenvalue weighted by Crippen LogP contribution is -2.47. The van der Waals surface area contributed by atoms with Gasteiger partial charge in [-0.15, -0.1) is 0 Å². The maximum absolute atomic E-state index is 13.6. The Morgan fingerprint density at radius 1 is 1.03 bits per heavy atom. The lowest BCUT2D eigenvalue weighted by molar-refractivity contribution is -0.119. The van der Waals surface area contributed by atoms with E-state index in [1.54, 1.807) is 12.1 Å². The lowest BCUT2D eigenvalue weighted by Gasteiger charge is -2.30. The second-order valence-corrected chi connectivity index (χ2v) is 8.80. The maximum Gasteiger partial charge on any atom is 0.244 e. The second-order valence-electron chi connectivity index (χ2n) is 8.36. The van der Waals surface area contributed by atoms with Crippen LogP contribution in [0.5, 0.6) is 0 Å². The third-order valence-electron chi connectivity index (χ3n) is 5.84. The van der Waals surface area contributed by atoms with Crippen molar-refractivity contribution in [2.45, 2.75) is 37.9 Å². The van der Waals surface area contributed by atoms with E-state index in [9.17, 15) is 4.79 Å². The van der Waals surface area contributed by atoms with E-state index in [0.717, 1.165) is 16.8 Å². The number of amides is 1. The Balaban J connectivity index is 1.69. The standard InChI is InChI=1S/C26H24ClN3O/c1-26(2,20-8-4-3-5-9-20)29-23-16-24(19-7-6-10-21(27)15-19)30(25(23)31)22-13-11-18(17-28)12-14-22/h3-15,23-24,29H,16H2,1-2H3/t23-,24-/m1/s1. The summed E-state index contributed by atoms with van der Waals surface area (Å²) in [5.41, 5.74) is 3.08. The third-order valence-corrected chi connectivity index (χ3v) is 6.08. The summed E-state index contributed by atoms with van der Waals surface area (Å²) in [4.78, 5) is 15.4. The Labute approximate surface area is 188 Å². The van der Waals surface area contributed by atoms with Crippen molar-refractivity contribution in [2.24, 2.45) is 0 Å². The van der Waals surface area contributed by atoms with Crippen molar-refractivity contribution < 1.29 is 4.79 Å². The highest BCUT2D eigenvalue weighted by Gasteiger charge is 2.43. The molecule has 0 aromatic heterocycles. The molecule has 0 saturated carbocycles. The second kappa shape index (κ2) is 8.55. The fourth-order valence-corrected chi connectivity index (χ4v) is 4.45. The van der Waals surface area contributed by atoms with Gasteiger partial charge in [0.1, 0.15) is 0 Å². The van der Waals surface area contributed by atoms with Crippen LogP contribution in [-0.4, -0.2) is 11.9 Å². The minimum Gasteiger partial charge on any atom is -0.304 e. The summed E-state index contributed by atoms with van der Waals surface area (Å²) in [6, 6.07) is 26.6. The molecular weight excluding hydrogens is 406 g/mol. The molecule has 1 N–H and O–H groups in total. The molecule has 0 radical (unpaired) electrons. The molecule has 4 nitrogen and oxygen atoms in total. The fraction of sp³-hybridized carbons (Fsp3) is 0.231. The van der Waals surface area contributed by atoms with Gasteiger partial charge in [0, 0.05) is 16.2 Å². The highest BCUT2D eigenvalue weighted by molar-refractivity contribution is 6.30. The van der Waals surface area contributed by atoms with Crippen LogP contribution in [0.1, 0.15) is 43.0 Å². The molecule has 0 bridgehead atoms. The van der Waals surface area contributed by atoms with Gasteiger partial charge in [0.15, 0.2) is 0 Å². The van der Waals surface area contributed by atoms with E-state index in [0.29, 0.717) is 17.0 Å². The van der Waals surface area contributed by atoms with E-state index in [-0.39, 0.29) is 23.5 Å². The molecule has 3 aromatic rings. The maximum atomic E-state index is 13.6. The van der Waals surface area contributed by atoms with Crippen LogP contribution in [0.25, 0.3) is 0 Å². The van der Waals surface area contributed by atoms with Crippen LogP contribution >= 0.6 is 11.6 Å². The molecule has 1 aliphatic rings. The van der Waals surface area contributed by atoms with Crippen molar-refractivity contribution in [3.8, 4) is 6.07 Å². The molecule has 1 amide bonds. The van der Waals surface area contributed by atoms with Crippen molar-refractivity contribution in [1.82, 2.24) is 5.32 Å². The summed E-state index contributed by atoms with van der Waals surface area (Å²) in [5, 5.41) is 13.4. The molecule has 0 spiro atoms. The molecule has 1 heterocycles. The molecule has 2 atom stereocenters. The number of rotatable bonds is 5. The molecule has 0 aliphatic carbocycles. The van der Waals surface area contributed by atoms with Gasteiger partial charge in [-0.05, 0) is 67.8 Å². The minimum atomic E-state index is -0.374. The topological polar surface area (TPSA) is 56.1 Å². The van der Waals surface area contributed by atoms with E-state index >= 15 is 0 Å². The van der Waals surface area contributed by atoms with Gasteiger partial charge in [-0.2, -0.15) is 5.26 Å². The molecule has 4 rings (SSSR count). The smallest absolute Gasteiger partial charge is 0.244 e. The Hall–Kier alpha value is -3.13. The van der Waals surface area contributed by atoms with Gasteiger partial charge in [-0.3, -0.25) is 10.1 Å². The van der Waals surface area contributed by atoms with Crippen LogP contribution in [0.2, 0.25) is 5.02 Å². The Kier molecular flexibility index (Phi) is 5.82. The number of hydrogen-bond donors (Lipinski definition) is 1. The van der Waals surface area contributed by atoms with Crippen molar-refractivity contribution in [3.05, 3.63) is 101 Å². The molecule has 5 heteroatoms. The summed E-state index contributed by atoms with van der Waals surface area (Å²) in [6.07, 6.45) is 0.620. The number of nitrogens with one attached hydrogen (secondary N) is 1. The van der Waals surface area contributed by atoms with Crippen LogP contribution in [0.3, 0.4) is 0 Å². The first-order valence-electron chi connectivity index (χ1n) is 10.3. The molecule has 1 fully saturated rings. The molecular formula is C26H24ClN3O. The van der Waals surface area contributed by atoms with E-state index in [4.69, 9.17) is 16.9 Å². The van der Waals surface area contributed by atoms with Crippen LogP contribution in [-0.2, 0) is 10.3 Å². The van der Waals surface area contributed by atoms with Crippen LogP contribution in [0.15, 0.2) is 78.9 Å². The van der Waals surface area contributed by atoms with Crippen molar-refractivity contribution >= 4 is 23.2 Å². The molecule has 3 aromatic carbocycles. The quantitative estimate of drug-likeness (QED) is 0.575. The van der Waals surface area contributed by atoms with Crippen molar-refractivity contribution in [1.29, 1.82) is 5.26 Å². The van der Waals surface area contributed by atoms with Crippen molar-refractivity contribution in [3.63, 3.8) is 0 Å². The third kappa shape index (κ3) is 4.34. The van der Waals surface area contributed by atoms with E-state index in [1.165, 1.54) is 0 Å². The first-order chi connectivity index (χ1) is 14.9. The largest absolute Gasteiger partial charge is 0.304 e. The zero-order valence-corrected chi connectivity index (χ0v) is 18.3. The number of carbonyl (C=O) groups is 1. The lowest BCUT2D eigenvalue weighted by atomic mass is 9.92. The van der Waals surface area contributed by atoms with Gasteiger partial charge >= 0.3 is 0 Å². The molecule has 1 aliphatic heterocycles. The SMILES string of the molecule is CC(C)(N[C@@H]1C[C@H](c2cccc(Cl)c2)N(c2ccc(C#N)cc2)C1=O)c1ccccc1. The minimum absolute atomic E-state index is 0.0127. The van der Waals surface area contributed by atoms with Crippen LogP contribution in [0.4, 0.5) is 5.69 Å². The monoisotopic (exact) mass is 429 g/mol. The van der Waals surface area contributed by atoms with Crippen LogP contribution < -0.4 is 10.2 Å². The van der Waals surface area contributed by atoms with E-state index in [1.807, 2.05) is 59.5 Å². The number of nitrogens with zero attached hydrogens (tertiary/aromatic N) is 2. The Bertz CT molecular complexity index is 1120. The average molecular weight is 430 g/mol. The highest BCUT2D eigenvalue weighted by Crippen LogP contribution is 2.39. The number of anilines is 1. The zero-order valence-electron chi connectivity index (χ0n) is 17.5. The fourth-order valence-electron chi connectivity index (χ4n) is 4.25. The Morgan fingerprint density at radius 2 is 1.74 bits per heavy atom. The summed E-state index contributed by atoms with van der Waals surface area (Å²) in [5.74, 6) is 0.0127. The number of carbonyl (C=O) groups excluding carboxylic acids is 1. The van der Waals surface area contributed by atoms with E-state index in [2.05, 4.69) is 37.4 Å². The number of benzene rings is 3. The predicted octanol–water partition coefficient (Wildman–Crippen LogP) is 5.58. The summed E-state index contributed by atoms with van der Waals surface area (Å²) in [6.45, 7) is 4.18. The first-order valence-corrected chi connectivity index (χ1v) is 10.7. The first kappa shape index (κ1) is 21.1. The number of nitriles is 1. The van der Waals surface area contributed by atoms with Gasteiger partial charge in [0.25, 0.3) is 0 Å². The normalized spacial score (nSPS) is 18.8. The number of hydrogen-bond acceptors (Lipinski definition) is 3.